The van der Waals surface area contributed by atoms with Crippen molar-refractivity contribution in [1.29, 1.82) is 0 Å². The molecule has 1 fully saturated rings. The summed E-state index contributed by atoms with van der Waals surface area (Å²) in [6.07, 6.45) is 13.2. The molecule has 0 N–H and O–H groups in total. The number of benzene rings is 1. The summed E-state index contributed by atoms with van der Waals surface area (Å²) in [5.41, 5.74) is 3.06. The first kappa shape index (κ1) is 22.4. The maximum absolute atomic E-state index is 13.1. The van der Waals surface area contributed by atoms with Gasteiger partial charge < -0.3 is 14.4 Å². The first-order valence-electron chi connectivity index (χ1n) is 11.3. The summed E-state index contributed by atoms with van der Waals surface area (Å²) in [5, 5.41) is 0. The number of likely N-dealkylation sites (tertiary alicyclic amines) is 1. The van der Waals surface area contributed by atoms with Gasteiger partial charge in [-0.05, 0) is 43.2 Å². The van der Waals surface area contributed by atoms with Gasteiger partial charge in [0.15, 0.2) is 0 Å². The van der Waals surface area contributed by atoms with E-state index in [4.69, 9.17) is 9.47 Å². The van der Waals surface area contributed by atoms with Crippen molar-refractivity contribution in [3.8, 4) is 28.5 Å². The molecule has 0 bridgehead atoms. The summed E-state index contributed by atoms with van der Waals surface area (Å²) in [4.78, 5) is 36.3. The van der Waals surface area contributed by atoms with Crippen LogP contribution in [0.25, 0.3) is 11.1 Å². The highest BCUT2D eigenvalue weighted by Crippen LogP contribution is 2.29. The number of methoxy groups -OCH3 is 1. The molecule has 176 valence electrons. The average Bonchev–Trinajstić information content (AvgIpc) is 2.94. The van der Waals surface area contributed by atoms with Crippen LogP contribution in [0, 0.1) is 0 Å². The van der Waals surface area contributed by atoms with Gasteiger partial charge in [0.2, 0.25) is 5.88 Å². The maximum atomic E-state index is 13.1. The van der Waals surface area contributed by atoms with Gasteiger partial charge in [0.1, 0.15) is 17.8 Å². The molecule has 0 radical (unpaired) electrons. The fourth-order valence-corrected chi connectivity index (χ4v) is 4.10. The minimum atomic E-state index is -0.0303. The Hall–Kier alpha value is -4.40. The van der Waals surface area contributed by atoms with Crippen LogP contribution in [0.3, 0.4) is 0 Å². The summed E-state index contributed by atoms with van der Waals surface area (Å²) in [5.74, 6) is 2.04. The summed E-state index contributed by atoms with van der Waals surface area (Å²) < 4.78 is 11.0. The number of hydrogen-bond donors (Lipinski definition) is 0. The number of nitrogens with zero attached hydrogens (tertiary/aromatic N) is 6. The molecular formula is C26H24N6O3. The zero-order valence-corrected chi connectivity index (χ0v) is 19.2. The highest BCUT2D eigenvalue weighted by atomic mass is 16.5. The monoisotopic (exact) mass is 468 g/mol. The predicted octanol–water partition coefficient (Wildman–Crippen LogP) is 4.15. The second kappa shape index (κ2) is 10.3. The van der Waals surface area contributed by atoms with Gasteiger partial charge in [0.05, 0.1) is 24.6 Å². The van der Waals surface area contributed by atoms with Gasteiger partial charge >= 0.3 is 0 Å². The molecule has 0 saturated carbocycles. The number of rotatable bonds is 6. The van der Waals surface area contributed by atoms with E-state index in [-0.39, 0.29) is 11.8 Å². The normalized spacial score (nSPS) is 13.9. The molecule has 35 heavy (non-hydrogen) atoms. The van der Waals surface area contributed by atoms with Crippen LogP contribution in [-0.2, 0) is 0 Å². The number of carbonyl (C=O) groups is 1. The molecule has 9 nitrogen and oxygen atoms in total. The van der Waals surface area contributed by atoms with Crippen molar-refractivity contribution in [3.63, 3.8) is 0 Å². The Balaban J connectivity index is 1.22. The van der Waals surface area contributed by atoms with Crippen molar-refractivity contribution >= 4 is 5.91 Å². The standard InChI is InChI=1S/C26H24N6O3/c1-34-22-2-4-23(5-3-22)35-25-16-28-15-24(31-25)18-6-8-32(9-7-18)26(33)20-10-19(11-27-12-20)21-13-29-17-30-14-21/h2-5,10-18H,6-9H2,1H3. The van der Waals surface area contributed by atoms with Crippen LogP contribution in [0.15, 0.2) is 73.8 Å². The van der Waals surface area contributed by atoms with E-state index in [1.54, 1.807) is 44.3 Å². The van der Waals surface area contributed by atoms with Crippen molar-refractivity contribution in [2.24, 2.45) is 0 Å². The van der Waals surface area contributed by atoms with Gasteiger partial charge in [-0.15, -0.1) is 0 Å². The molecule has 1 aliphatic rings. The van der Waals surface area contributed by atoms with Crippen LogP contribution in [0.4, 0.5) is 0 Å². The highest BCUT2D eigenvalue weighted by molar-refractivity contribution is 5.95. The summed E-state index contributed by atoms with van der Waals surface area (Å²) in [6.45, 7) is 1.26. The van der Waals surface area contributed by atoms with Crippen LogP contribution in [0.5, 0.6) is 17.4 Å². The summed E-state index contributed by atoms with van der Waals surface area (Å²) in [6, 6.07) is 9.15. The van der Waals surface area contributed by atoms with Crippen molar-refractivity contribution in [2.45, 2.75) is 18.8 Å². The topological polar surface area (TPSA) is 103 Å². The van der Waals surface area contributed by atoms with Crippen molar-refractivity contribution in [2.75, 3.05) is 20.2 Å². The Kier molecular flexibility index (Phi) is 6.56. The number of amides is 1. The Labute approximate surface area is 202 Å². The van der Waals surface area contributed by atoms with Crippen LogP contribution >= 0.6 is 0 Å². The molecule has 0 spiro atoms. The molecule has 0 unspecified atom stereocenters. The first-order chi connectivity index (χ1) is 17.2. The Bertz CT molecular complexity index is 1290. The van der Waals surface area contributed by atoms with Crippen molar-refractivity contribution < 1.29 is 14.3 Å². The number of carbonyl (C=O) groups excluding carboxylic acids is 1. The SMILES string of the molecule is COc1ccc(Oc2cncc(C3CCN(C(=O)c4cncc(-c5cncnc5)c4)CC3)n2)cc1. The third-order valence-electron chi connectivity index (χ3n) is 5.99. The molecule has 1 aromatic carbocycles. The number of aromatic nitrogens is 5. The molecule has 0 aliphatic carbocycles. The Morgan fingerprint density at radius 3 is 2.29 bits per heavy atom. The lowest BCUT2D eigenvalue weighted by Gasteiger charge is -2.31. The van der Waals surface area contributed by atoms with E-state index in [1.165, 1.54) is 6.33 Å². The van der Waals surface area contributed by atoms with E-state index < -0.39 is 0 Å². The third kappa shape index (κ3) is 5.24. The summed E-state index contributed by atoms with van der Waals surface area (Å²) >= 11 is 0. The lowest BCUT2D eigenvalue weighted by atomic mass is 9.93. The van der Waals surface area contributed by atoms with E-state index in [1.807, 2.05) is 35.2 Å². The van der Waals surface area contributed by atoms with Gasteiger partial charge in [-0.1, -0.05) is 0 Å². The highest BCUT2D eigenvalue weighted by Gasteiger charge is 2.26. The van der Waals surface area contributed by atoms with Crippen LogP contribution in [0.1, 0.15) is 34.8 Å². The number of ether oxygens (including phenoxy) is 2. The molecule has 5 rings (SSSR count). The Morgan fingerprint density at radius 2 is 1.54 bits per heavy atom. The largest absolute Gasteiger partial charge is 0.497 e. The van der Waals surface area contributed by atoms with E-state index in [0.29, 0.717) is 30.3 Å². The van der Waals surface area contributed by atoms with Crippen molar-refractivity contribution in [3.05, 3.63) is 85.1 Å². The minimum Gasteiger partial charge on any atom is -0.497 e. The number of pyridine rings is 1. The lowest BCUT2D eigenvalue weighted by Crippen LogP contribution is -2.38. The van der Waals surface area contributed by atoms with Crippen LogP contribution in [-0.4, -0.2) is 55.9 Å². The molecule has 9 heteroatoms. The average molecular weight is 469 g/mol. The van der Waals surface area contributed by atoms with E-state index >= 15 is 0 Å². The van der Waals surface area contributed by atoms with Gasteiger partial charge in [-0.25, -0.2) is 15.0 Å². The van der Waals surface area contributed by atoms with Gasteiger partial charge in [0.25, 0.3) is 5.91 Å². The molecule has 3 aromatic heterocycles. The quantitative estimate of drug-likeness (QED) is 0.416. The van der Waals surface area contributed by atoms with Crippen LogP contribution in [0.2, 0.25) is 0 Å². The second-order valence-electron chi connectivity index (χ2n) is 8.22. The van der Waals surface area contributed by atoms with Gasteiger partial charge in [-0.2, -0.15) is 0 Å². The zero-order valence-electron chi connectivity index (χ0n) is 19.2. The van der Waals surface area contributed by atoms with E-state index in [0.717, 1.165) is 35.4 Å². The summed E-state index contributed by atoms with van der Waals surface area (Å²) in [7, 11) is 1.62. The van der Waals surface area contributed by atoms with Crippen molar-refractivity contribution in [1.82, 2.24) is 29.8 Å². The molecular weight excluding hydrogens is 444 g/mol. The van der Waals surface area contributed by atoms with Crippen LogP contribution < -0.4 is 9.47 Å². The molecule has 4 aromatic rings. The molecule has 1 amide bonds. The number of piperidine rings is 1. The lowest BCUT2D eigenvalue weighted by molar-refractivity contribution is 0.0711. The smallest absolute Gasteiger partial charge is 0.255 e. The molecule has 0 atom stereocenters. The third-order valence-corrected chi connectivity index (χ3v) is 5.99. The van der Waals surface area contributed by atoms with E-state index in [9.17, 15) is 4.79 Å². The molecule has 4 heterocycles. The fraction of sp³-hybridized carbons (Fsp3) is 0.231. The zero-order chi connectivity index (χ0) is 24.0. The predicted molar refractivity (Wildman–Crippen MR) is 128 cm³/mol. The fourth-order valence-electron chi connectivity index (χ4n) is 4.10. The number of hydrogen-bond acceptors (Lipinski definition) is 8. The van der Waals surface area contributed by atoms with E-state index in [2.05, 4.69) is 24.9 Å². The maximum Gasteiger partial charge on any atom is 0.255 e. The molecule has 1 aliphatic heterocycles. The molecule has 1 saturated heterocycles. The first-order valence-corrected chi connectivity index (χ1v) is 11.3. The minimum absolute atomic E-state index is 0.0303. The van der Waals surface area contributed by atoms with Gasteiger partial charge in [-0.3, -0.25) is 14.8 Å². The second-order valence-corrected chi connectivity index (χ2v) is 8.22. The Morgan fingerprint density at radius 1 is 0.857 bits per heavy atom. The van der Waals surface area contributed by atoms with Gasteiger partial charge in [0, 0.05) is 61.1 Å².